The fourth-order valence-corrected chi connectivity index (χ4v) is 2.56. The van der Waals surface area contributed by atoms with Crippen LogP contribution in [0.15, 0.2) is 12.2 Å². The second-order valence-electron chi connectivity index (χ2n) is 6.42. The number of Topliss-reactive ketones (excluding diaryl/α,β-unsaturated/α-hetero) is 2. The molecule has 0 saturated carbocycles. The molecule has 0 saturated heterocycles. The molecule has 0 fully saturated rings. The number of rotatable bonds is 10. The number of aliphatic hydroxyl groups is 1. The molecule has 0 aliphatic heterocycles. The number of hydrogen-bond donors (Lipinski definition) is 2. The Labute approximate surface area is 134 Å². The quantitative estimate of drug-likeness (QED) is 0.469. The second-order valence-corrected chi connectivity index (χ2v) is 6.42. The smallest absolute Gasteiger partial charge is 0.219 e. The van der Waals surface area contributed by atoms with Crippen LogP contribution in [-0.4, -0.2) is 60.9 Å². The zero-order valence-corrected chi connectivity index (χ0v) is 15.0. The van der Waals surface area contributed by atoms with Gasteiger partial charge in [0, 0.05) is 0 Å². The van der Waals surface area contributed by atoms with E-state index in [2.05, 4.69) is 5.32 Å². The number of allylic oxidation sites excluding steroid dienone is 2. The van der Waals surface area contributed by atoms with Gasteiger partial charge in [-0.1, -0.05) is 32.9 Å². The molecule has 0 aromatic heterocycles. The van der Waals surface area contributed by atoms with E-state index in [1.807, 2.05) is 39.8 Å². The number of ketones is 2. The maximum atomic E-state index is 12.6. The summed E-state index contributed by atoms with van der Waals surface area (Å²) in [5, 5.41) is 13.4. The summed E-state index contributed by atoms with van der Waals surface area (Å²) in [5.41, 5.74) is 0. The van der Waals surface area contributed by atoms with Crippen molar-refractivity contribution in [1.82, 2.24) is 10.2 Å². The van der Waals surface area contributed by atoms with Crippen molar-refractivity contribution in [2.75, 3.05) is 21.1 Å². The molecule has 0 aromatic rings. The molecule has 0 amide bonds. The minimum Gasteiger partial charge on any atom is -0.391 e. The highest BCUT2D eigenvalue weighted by atomic mass is 16.3. The summed E-state index contributed by atoms with van der Waals surface area (Å²) in [6.07, 6.45) is 3.66. The Balaban J connectivity index is 5.24. The van der Waals surface area contributed by atoms with Crippen LogP contribution in [0.25, 0.3) is 0 Å². The van der Waals surface area contributed by atoms with E-state index in [0.717, 1.165) is 0 Å². The number of nitrogens with one attached hydrogen (secondary N) is 1. The average molecular weight is 312 g/mol. The highest BCUT2D eigenvalue weighted by Gasteiger charge is 2.38. The van der Waals surface area contributed by atoms with Gasteiger partial charge in [-0.05, 0) is 46.3 Å². The van der Waals surface area contributed by atoms with Crippen molar-refractivity contribution in [1.29, 1.82) is 0 Å². The Morgan fingerprint density at radius 3 is 2.09 bits per heavy atom. The number of aliphatic hydroxyl groups excluding tert-OH is 1. The SMILES string of the molecule is C/C=C/C[C@@H](C)[C@@H](O)C(C(=O)C(=O)[C@@H](NC)C(C)C)N(C)C. The Bertz CT molecular complexity index is 391. The molecule has 0 spiro atoms. The van der Waals surface area contributed by atoms with Gasteiger partial charge >= 0.3 is 0 Å². The van der Waals surface area contributed by atoms with E-state index in [0.29, 0.717) is 6.42 Å². The Morgan fingerprint density at radius 2 is 1.73 bits per heavy atom. The van der Waals surface area contributed by atoms with Gasteiger partial charge in [0.2, 0.25) is 11.6 Å². The first kappa shape index (κ1) is 21.0. The number of carbonyl (C=O) groups is 2. The molecule has 4 atom stereocenters. The minimum absolute atomic E-state index is 0.0156. The molecule has 0 aliphatic rings. The van der Waals surface area contributed by atoms with Crippen molar-refractivity contribution in [3.8, 4) is 0 Å². The van der Waals surface area contributed by atoms with Crippen LogP contribution in [0.3, 0.4) is 0 Å². The monoisotopic (exact) mass is 312 g/mol. The third kappa shape index (κ3) is 5.63. The lowest BCUT2D eigenvalue weighted by atomic mass is 9.87. The predicted octanol–water partition coefficient (Wildman–Crippen LogP) is 1.26. The predicted molar refractivity (Wildman–Crippen MR) is 89.8 cm³/mol. The van der Waals surface area contributed by atoms with Crippen LogP contribution < -0.4 is 5.32 Å². The van der Waals surface area contributed by atoms with Gasteiger partial charge in [-0.15, -0.1) is 0 Å². The van der Waals surface area contributed by atoms with Gasteiger partial charge < -0.3 is 10.4 Å². The minimum atomic E-state index is -0.882. The van der Waals surface area contributed by atoms with E-state index in [4.69, 9.17) is 0 Å². The number of nitrogens with zero attached hydrogens (tertiary/aromatic N) is 1. The molecule has 0 rings (SSSR count). The third-order valence-electron chi connectivity index (χ3n) is 3.98. The zero-order valence-electron chi connectivity index (χ0n) is 15.0. The average Bonchev–Trinajstić information content (AvgIpc) is 2.44. The number of hydrogen-bond acceptors (Lipinski definition) is 5. The fraction of sp³-hybridized carbons (Fsp3) is 0.765. The topological polar surface area (TPSA) is 69.6 Å². The lowest BCUT2D eigenvalue weighted by molar-refractivity contribution is -0.144. The van der Waals surface area contributed by atoms with Crippen molar-refractivity contribution < 1.29 is 14.7 Å². The summed E-state index contributed by atoms with van der Waals surface area (Å²) in [5.74, 6) is -1.08. The molecule has 0 radical (unpaired) electrons. The van der Waals surface area contributed by atoms with E-state index >= 15 is 0 Å². The van der Waals surface area contributed by atoms with Crippen LogP contribution in [0.5, 0.6) is 0 Å². The van der Waals surface area contributed by atoms with E-state index in [1.54, 1.807) is 26.0 Å². The summed E-state index contributed by atoms with van der Waals surface area (Å²) in [4.78, 5) is 26.7. The fourth-order valence-electron chi connectivity index (χ4n) is 2.56. The van der Waals surface area contributed by atoms with Crippen molar-refractivity contribution in [2.24, 2.45) is 11.8 Å². The summed E-state index contributed by atoms with van der Waals surface area (Å²) in [6, 6.07) is -1.34. The highest BCUT2D eigenvalue weighted by molar-refractivity contribution is 6.41. The molecule has 0 bridgehead atoms. The molecular formula is C17H32N2O3. The van der Waals surface area contributed by atoms with E-state index in [1.165, 1.54) is 0 Å². The number of carbonyl (C=O) groups excluding carboxylic acids is 2. The molecule has 1 unspecified atom stereocenters. The maximum Gasteiger partial charge on any atom is 0.219 e. The third-order valence-corrected chi connectivity index (χ3v) is 3.98. The first-order chi connectivity index (χ1) is 10.2. The maximum absolute atomic E-state index is 12.6. The standard InChI is InChI=1S/C17H32N2O3/c1-8-9-10-12(4)15(20)14(19(6)7)17(22)16(21)13(18-5)11(2)3/h8-9,11-15,18,20H,10H2,1-7H3/b9-8+/t12-,13+,14?,15-/m1/s1. The first-order valence-electron chi connectivity index (χ1n) is 7.89. The molecule has 0 aromatic carbocycles. The van der Waals surface area contributed by atoms with Crippen molar-refractivity contribution in [3.05, 3.63) is 12.2 Å². The molecule has 2 N–H and O–H groups in total. The van der Waals surface area contributed by atoms with Crippen LogP contribution in [0.4, 0.5) is 0 Å². The largest absolute Gasteiger partial charge is 0.391 e. The van der Waals surface area contributed by atoms with Gasteiger partial charge in [-0.25, -0.2) is 0 Å². The molecular weight excluding hydrogens is 280 g/mol. The van der Waals surface area contributed by atoms with Crippen LogP contribution in [0.2, 0.25) is 0 Å². The summed E-state index contributed by atoms with van der Waals surface area (Å²) in [7, 11) is 5.10. The van der Waals surface area contributed by atoms with Gasteiger partial charge in [-0.2, -0.15) is 0 Å². The van der Waals surface area contributed by atoms with Crippen molar-refractivity contribution in [2.45, 2.75) is 52.3 Å². The zero-order chi connectivity index (χ0) is 17.4. The molecule has 22 heavy (non-hydrogen) atoms. The first-order valence-corrected chi connectivity index (χ1v) is 7.89. The normalized spacial score (nSPS) is 17.7. The lowest BCUT2D eigenvalue weighted by Gasteiger charge is -2.32. The van der Waals surface area contributed by atoms with E-state index in [9.17, 15) is 14.7 Å². The molecule has 5 nitrogen and oxygen atoms in total. The summed E-state index contributed by atoms with van der Waals surface area (Å²) in [6.45, 7) is 7.58. The van der Waals surface area contributed by atoms with Crippen LogP contribution in [-0.2, 0) is 9.59 Å². The highest BCUT2D eigenvalue weighted by Crippen LogP contribution is 2.18. The Hall–Kier alpha value is -1.04. The molecule has 0 aliphatic carbocycles. The molecule has 5 heteroatoms. The Kier molecular flexibility index (Phi) is 9.41. The van der Waals surface area contributed by atoms with Crippen LogP contribution in [0.1, 0.15) is 34.1 Å². The molecule has 128 valence electrons. The summed E-state index contributed by atoms with van der Waals surface area (Å²) < 4.78 is 0. The van der Waals surface area contributed by atoms with Gasteiger partial charge in [0.25, 0.3) is 0 Å². The van der Waals surface area contributed by atoms with Gasteiger partial charge in [-0.3, -0.25) is 14.5 Å². The molecule has 0 heterocycles. The van der Waals surface area contributed by atoms with Gasteiger partial charge in [0.15, 0.2) is 0 Å². The lowest BCUT2D eigenvalue weighted by Crippen LogP contribution is -2.54. The number of likely N-dealkylation sites (N-methyl/N-ethyl adjacent to an activating group) is 2. The van der Waals surface area contributed by atoms with Gasteiger partial charge in [0.05, 0.1) is 12.1 Å². The van der Waals surface area contributed by atoms with Crippen molar-refractivity contribution in [3.63, 3.8) is 0 Å². The van der Waals surface area contributed by atoms with Gasteiger partial charge in [0.1, 0.15) is 6.04 Å². The van der Waals surface area contributed by atoms with E-state index < -0.39 is 29.8 Å². The van der Waals surface area contributed by atoms with Crippen LogP contribution >= 0.6 is 0 Å². The van der Waals surface area contributed by atoms with E-state index in [-0.39, 0.29) is 11.8 Å². The second kappa shape index (κ2) is 9.87. The van der Waals surface area contributed by atoms with Crippen LogP contribution in [0, 0.1) is 11.8 Å². The van der Waals surface area contributed by atoms with Crippen molar-refractivity contribution >= 4 is 11.6 Å². The summed E-state index contributed by atoms with van der Waals surface area (Å²) >= 11 is 0. The Morgan fingerprint density at radius 1 is 1.18 bits per heavy atom.